The number of ketones is 2. The monoisotopic (exact) mass is 665 g/mol. The molecule has 0 saturated carbocycles. The molecule has 0 spiro atoms. The predicted molar refractivity (Wildman–Crippen MR) is 153 cm³/mol. The van der Waals surface area contributed by atoms with E-state index in [1.807, 2.05) is 36.4 Å². The summed E-state index contributed by atoms with van der Waals surface area (Å²) in [7, 11) is 1.43. The number of halogens is 2. The second-order valence-electron chi connectivity index (χ2n) is 10.6. The Morgan fingerprint density at radius 3 is 2.45 bits per heavy atom. The van der Waals surface area contributed by atoms with Gasteiger partial charge in [-0.1, -0.05) is 42.0 Å². The number of hydrogen-bond donors (Lipinski definition) is 1. The standard InChI is InChI=1S/C31H25Br2NO6/c1-14-10-21(35)25-20(28(14)36)11-18-16(23(25)19-12-22(40-2)29(37)27(33)26(19)32)8-9-17-24(18)31(39)34(30(17)38)13-15-6-4-3-5-7-15/h3-8,10,12,17-18,23-24,37H,9,11,13H2,1-2H3. The van der Waals surface area contributed by atoms with E-state index in [2.05, 4.69) is 31.9 Å². The van der Waals surface area contributed by atoms with Gasteiger partial charge in [0.05, 0.1) is 30.0 Å². The molecule has 4 unspecified atom stereocenters. The first-order valence-electron chi connectivity index (χ1n) is 13.0. The minimum Gasteiger partial charge on any atom is -0.503 e. The third-order valence-electron chi connectivity index (χ3n) is 8.54. The van der Waals surface area contributed by atoms with E-state index in [-0.39, 0.29) is 47.8 Å². The number of aromatic hydroxyl groups is 1. The number of imide groups is 1. The number of phenolic OH excluding ortho intramolecular Hbond substituents is 1. The van der Waals surface area contributed by atoms with Crippen LogP contribution in [0.25, 0.3) is 0 Å². The molecule has 204 valence electrons. The molecule has 4 aliphatic rings. The van der Waals surface area contributed by atoms with Crippen LogP contribution in [-0.2, 0) is 25.7 Å². The van der Waals surface area contributed by atoms with E-state index in [4.69, 9.17) is 4.74 Å². The Hall–Kier alpha value is -3.30. The zero-order chi connectivity index (χ0) is 28.5. The van der Waals surface area contributed by atoms with Crippen LogP contribution < -0.4 is 4.74 Å². The fourth-order valence-electron chi connectivity index (χ4n) is 6.70. The number of fused-ring (bicyclic) bond motifs is 3. The number of rotatable bonds is 4. The minimum atomic E-state index is -0.665. The summed E-state index contributed by atoms with van der Waals surface area (Å²) in [4.78, 5) is 55.8. The molecule has 0 radical (unpaired) electrons. The molecule has 3 aliphatic carbocycles. The van der Waals surface area contributed by atoms with Gasteiger partial charge in [-0.15, -0.1) is 0 Å². The lowest BCUT2D eigenvalue weighted by molar-refractivity contribution is -0.140. The van der Waals surface area contributed by atoms with Gasteiger partial charge in [0.1, 0.15) is 0 Å². The number of hydrogen-bond acceptors (Lipinski definition) is 6. The second kappa shape index (κ2) is 9.96. The molecule has 40 heavy (non-hydrogen) atoms. The van der Waals surface area contributed by atoms with Gasteiger partial charge in [-0.3, -0.25) is 24.1 Å². The normalized spacial score (nSPS) is 25.9. The van der Waals surface area contributed by atoms with Crippen molar-refractivity contribution in [2.45, 2.75) is 32.2 Å². The summed E-state index contributed by atoms with van der Waals surface area (Å²) < 4.78 is 6.28. The summed E-state index contributed by atoms with van der Waals surface area (Å²) in [6, 6.07) is 11.0. The number of amides is 2. The Labute approximate surface area is 247 Å². The van der Waals surface area contributed by atoms with Crippen LogP contribution in [0, 0.1) is 17.8 Å². The van der Waals surface area contributed by atoms with E-state index < -0.39 is 23.7 Å². The van der Waals surface area contributed by atoms with Gasteiger partial charge in [0.2, 0.25) is 11.8 Å². The third-order valence-corrected chi connectivity index (χ3v) is 10.7. The maximum atomic E-state index is 13.9. The van der Waals surface area contributed by atoms with E-state index in [0.717, 1.165) is 11.1 Å². The number of likely N-dealkylation sites (tertiary alicyclic amines) is 1. The van der Waals surface area contributed by atoms with Crippen molar-refractivity contribution in [2.75, 3.05) is 7.11 Å². The zero-order valence-electron chi connectivity index (χ0n) is 21.7. The van der Waals surface area contributed by atoms with Crippen molar-refractivity contribution in [1.82, 2.24) is 4.90 Å². The van der Waals surface area contributed by atoms with Crippen molar-refractivity contribution in [2.24, 2.45) is 17.8 Å². The molecule has 2 amide bonds. The smallest absolute Gasteiger partial charge is 0.234 e. The molecule has 9 heteroatoms. The largest absolute Gasteiger partial charge is 0.503 e. The number of benzene rings is 2. The third kappa shape index (κ3) is 3.96. The highest BCUT2D eigenvalue weighted by Crippen LogP contribution is 2.57. The number of methoxy groups -OCH3 is 1. The molecule has 1 fully saturated rings. The van der Waals surface area contributed by atoms with Crippen LogP contribution in [0.3, 0.4) is 0 Å². The maximum absolute atomic E-state index is 13.9. The average Bonchev–Trinajstić information content (AvgIpc) is 3.19. The first-order chi connectivity index (χ1) is 19.1. The van der Waals surface area contributed by atoms with Crippen LogP contribution in [0.2, 0.25) is 0 Å². The number of carbonyl (C=O) groups is 4. The van der Waals surface area contributed by atoms with Crippen molar-refractivity contribution in [1.29, 1.82) is 0 Å². The lowest BCUT2D eigenvalue weighted by Crippen LogP contribution is -2.39. The molecule has 4 atom stereocenters. The minimum absolute atomic E-state index is 0.104. The average molecular weight is 667 g/mol. The van der Waals surface area contributed by atoms with E-state index in [1.165, 1.54) is 18.1 Å². The van der Waals surface area contributed by atoms with Crippen LogP contribution in [0.4, 0.5) is 0 Å². The summed E-state index contributed by atoms with van der Waals surface area (Å²) in [5, 5.41) is 10.6. The molecule has 2 aromatic rings. The topological polar surface area (TPSA) is 101 Å². The summed E-state index contributed by atoms with van der Waals surface area (Å²) in [6.07, 6.45) is 3.91. The molecule has 1 heterocycles. The molecular weight excluding hydrogens is 642 g/mol. The number of Topliss-reactive ketones (excluding diaryl/α,β-unsaturated/α-hetero) is 1. The van der Waals surface area contributed by atoms with Gasteiger partial charge in [-0.25, -0.2) is 0 Å². The number of allylic oxidation sites excluding steroid dienone is 6. The molecule has 1 aliphatic heterocycles. The summed E-state index contributed by atoms with van der Waals surface area (Å²) >= 11 is 7.00. The molecule has 2 aromatic carbocycles. The van der Waals surface area contributed by atoms with E-state index >= 15 is 0 Å². The zero-order valence-corrected chi connectivity index (χ0v) is 24.9. The van der Waals surface area contributed by atoms with E-state index in [0.29, 0.717) is 37.6 Å². The highest BCUT2D eigenvalue weighted by atomic mass is 79.9. The van der Waals surface area contributed by atoms with Crippen LogP contribution in [-0.4, -0.2) is 40.5 Å². The quantitative estimate of drug-likeness (QED) is 0.261. The predicted octanol–water partition coefficient (Wildman–Crippen LogP) is 5.56. The SMILES string of the molecule is COc1cc(C2C3=CCC4C(=O)N(Cc5ccccc5)C(=O)C4C3CC3=C2C(=O)C=C(C)C3=O)c(Br)c(Br)c1O. The van der Waals surface area contributed by atoms with Crippen LogP contribution in [0.5, 0.6) is 11.5 Å². The van der Waals surface area contributed by atoms with Crippen molar-refractivity contribution in [3.05, 3.63) is 90.9 Å². The van der Waals surface area contributed by atoms with Gasteiger partial charge in [0, 0.05) is 27.1 Å². The second-order valence-corrected chi connectivity index (χ2v) is 12.2. The fourth-order valence-corrected chi connectivity index (χ4v) is 7.66. The lowest BCUT2D eigenvalue weighted by atomic mass is 9.59. The Bertz CT molecular complexity index is 1610. The Balaban J connectivity index is 1.50. The lowest BCUT2D eigenvalue weighted by Gasteiger charge is -2.42. The molecule has 1 saturated heterocycles. The van der Waals surface area contributed by atoms with Crippen molar-refractivity contribution in [3.8, 4) is 11.5 Å². The van der Waals surface area contributed by atoms with E-state index in [1.54, 1.807) is 13.0 Å². The first kappa shape index (κ1) is 26.9. The van der Waals surface area contributed by atoms with Crippen LogP contribution in [0.15, 0.2) is 79.8 Å². The number of carbonyl (C=O) groups excluding carboxylic acids is 4. The van der Waals surface area contributed by atoms with Gasteiger partial charge < -0.3 is 9.84 Å². The molecule has 7 nitrogen and oxygen atoms in total. The summed E-state index contributed by atoms with van der Waals surface area (Å²) in [5.41, 5.74) is 3.42. The van der Waals surface area contributed by atoms with Gasteiger partial charge in [-0.05, 0) is 80.8 Å². The van der Waals surface area contributed by atoms with Crippen molar-refractivity contribution >= 4 is 55.2 Å². The Morgan fingerprint density at radius 2 is 1.75 bits per heavy atom. The van der Waals surface area contributed by atoms with E-state index in [9.17, 15) is 24.3 Å². The van der Waals surface area contributed by atoms with Gasteiger partial charge in [0.25, 0.3) is 0 Å². The van der Waals surface area contributed by atoms with Gasteiger partial charge >= 0.3 is 0 Å². The van der Waals surface area contributed by atoms with Gasteiger partial charge in [0.15, 0.2) is 23.1 Å². The molecule has 1 N–H and O–H groups in total. The fraction of sp³-hybridized carbons (Fsp3) is 0.290. The number of ether oxygens (including phenoxy) is 1. The highest BCUT2D eigenvalue weighted by molar-refractivity contribution is 9.13. The maximum Gasteiger partial charge on any atom is 0.234 e. The van der Waals surface area contributed by atoms with Crippen LogP contribution in [0.1, 0.15) is 36.8 Å². The number of phenols is 1. The van der Waals surface area contributed by atoms with Gasteiger partial charge in [-0.2, -0.15) is 0 Å². The Morgan fingerprint density at radius 1 is 1.02 bits per heavy atom. The molecule has 6 rings (SSSR count). The van der Waals surface area contributed by atoms with Crippen molar-refractivity contribution in [3.63, 3.8) is 0 Å². The molecular formula is C31H25Br2NO6. The summed E-state index contributed by atoms with van der Waals surface area (Å²) in [5.74, 6) is -3.10. The molecule has 0 bridgehead atoms. The highest BCUT2D eigenvalue weighted by Gasteiger charge is 2.56. The molecule has 0 aromatic heterocycles. The van der Waals surface area contributed by atoms with Crippen LogP contribution >= 0.6 is 31.9 Å². The Kier molecular flexibility index (Phi) is 6.70. The van der Waals surface area contributed by atoms with Crippen molar-refractivity contribution < 1.29 is 29.0 Å². The first-order valence-corrected chi connectivity index (χ1v) is 14.6. The summed E-state index contributed by atoms with van der Waals surface area (Å²) in [6.45, 7) is 1.81. The number of nitrogens with zero attached hydrogens (tertiary/aromatic N) is 1.